The number of amides is 1. The first-order valence-corrected chi connectivity index (χ1v) is 11.0. The van der Waals surface area contributed by atoms with Crippen LogP contribution in [0.25, 0.3) is 21.9 Å². The Morgan fingerprint density at radius 3 is 2.32 bits per heavy atom. The van der Waals surface area contributed by atoms with Crippen molar-refractivity contribution in [2.24, 2.45) is 0 Å². The number of fused-ring (bicyclic) bond motifs is 2. The molecule has 176 valence electrons. The number of benzene rings is 2. The summed E-state index contributed by atoms with van der Waals surface area (Å²) in [6.07, 6.45) is 1.40. The lowest BCUT2D eigenvalue weighted by molar-refractivity contribution is -0.308. The SMILES string of the molecule is Cc1c(CC(=O)N[C@H](C(=O)[O-])c2ccccc2)c(=O)oc2c(C)c3occ(C(C)(C)C)c3cc12. The van der Waals surface area contributed by atoms with E-state index < -0.39 is 23.5 Å². The Balaban J connectivity index is 1.76. The molecular weight excluding hydrogens is 434 g/mol. The molecule has 2 aromatic heterocycles. The second-order valence-corrected chi connectivity index (χ2v) is 9.55. The number of carboxylic acids is 1. The summed E-state index contributed by atoms with van der Waals surface area (Å²) in [4.78, 5) is 37.2. The minimum atomic E-state index is -1.44. The summed E-state index contributed by atoms with van der Waals surface area (Å²) >= 11 is 0. The average molecular weight is 461 g/mol. The van der Waals surface area contributed by atoms with Gasteiger partial charge in [0.1, 0.15) is 11.2 Å². The third kappa shape index (κ3) is 4.09. The van der Waals surface area contributed by atoms with Gasteiger partial charge in [0.05, 0.1) is 30.3 Å². The van der Waals surface area contributed by atoms with Crippen molar-refractivity contribution < 1.29 is 23.5 Å². The second-order valence-electron chi connectivity index (χ2n) is 9.55. The van der Waals surface area contributed by atoms with Crippen LogP contribution in [-0.4, -0.2) is 11.9 Å². The maximum Gasteiger partial charge on any atom is 0.340 e. The molecule has 1 N–H and O–H groups in total. The molecule has 4 rings (SSSR count). The summed E-state index contributed by atoms with van der Waals surface area (Å²) in [7, 11) is 0. The highest BCUT2D eigenvalue weighted by Gasteiger charge is 2.24. The zero-order valence-corrected chi connectivity index (χ0v) is 19.8. The second kappa shape index (κ2) is 8.48. The number of hydrogen-bond acceptors (Lipinski definition) is 6. The van der Waals surface area contributed by atoms with E-state index in [9.17, 15) is 19.5 Å². The highest BCUT2D eigenvalue weighted by Crippen LogP contribution is 2.37. The van der Waals surface area contributed by atoms with Gasteiger partial charge >= 0.3 is 5.63 Å². The lowest BCUT2D eigenvalue weighted by atomic mass is 9.86. The van der Waals surface area contributed by atoms with Gasteiger partial charge in [0, 0.05) is 21.9 Å². The molecule has 0 radical (unpaired) electrons. The molecule has 7 heteroatoms. The molecule has 0 aliphatic carbocycles. The average Bonchev–Trinajstić information content (AvgIpc) is 3.21. The summed E-state index contributed by atoms with van der Waals surface area (Å²) in [5, 5.41) is 15.7. The van der Waals surface area contributed by atoms with E-state index in [-0.39, 0.29) is 17.4 Å². The van der Waals surface area contributed by atoms with Crippen molar-refractivity contribution in [1.29, 1.82) is 0 Å². The molecule has 1 amide bonds. The molecule has 0 unspecified atom stereocenters. The van der Waals surface area contributed by atoms with E-state index in [1.54, 1.807) is 43.5 Å². The van der Waals surface area contributed by atoms with Crippen molar-refractivity contribution in [2.75, 3.05) is 0 Å². The summed E-state index contributed by atoms with van der Waals surface area (Å²) < 4.78 is 11.4. The van der Waals surface area contributed by atoms with Gasteiger partial charge in [-0.15, -0.1) is 0 Å². The van der Waals surface area contributed by atoms with Crippen LogP contribution in [0.3, 0.4) is 0 Å². The fraction of sp³-hybridized carbons (Fsp3) is 0.296. The number of hydrogen-bond donors (Lipinski definition) is 1. The number of aliphatic carboxylic acids is 1. The van der Waals surface area contributed by atoms with Crippen LogP contribution in [-0.2, 0) is 21.4 Å². The molecule has 0 fully saturated rings. The smallest absolute Gasteiger partial charge is 0.340 e. The van der Waals surface area contributed by atoms with Gasteiger partial charge in [-0.2, -0.15) is 0 Å². The molecule has 7 nitrogen and oxygen atoms in total. The van der Waals surface area contributed by atoms with Crippen molar-refractivity contribution in [3.63, 3.8) is 0 Å². The first kappa shape index (κ1) is 23.3. The van der Waals surface area contributed by atoms with Crippen LogP contribution in [0.5, 0.6) is 0 Å². The minimum Gasteiger partial charge on any atom is -0.548 e. The van der Waals surface area contributed by atoms with Gasteiger partial charge in [-0.1, -0.05) is 51.1 Å². The van der Waals surface area contributed by atoms with Crippen molar-refractivity contribution in [1.82, 2.24) is 5.32 Å². The summed E-state index contributed by atoms with van der Waals surface area (Å²) in [6.45, 7) is 9.86. The van der Waals surface area contributed by atoms with E-state index >= 15 is 0 Å². The molecular formula is C27H26NO6-. The Labute approximate surface area is 196 Å². The Kier molecular flexibility index (Phi) is 5.81. The summed E-state index contributed by atoms with van der Waals surface area (Å²) in [5.74, 6) is -2.06. The molecule has 0 bridgehead atoms. The van der Waals surface area contributed by atoms with Crippen LogP contribution in [0.15, 0.2) is 56.3 Å². The zero-order valence-electron chi connectivity index (χ0n) is 19.8. The topological polar surface area (TPSA) is 113 Å². The Morgan fingerprint density at radius 1 is 1.03 bits per heavy atom. The first-order chi connectivity index (χ1) is 16.0. The number of furan rings is 1. The van der Waals surface area contributed by atoms with Gasteiger partial charge in [-0.05, 0) is 36.5 Å². The standard InChI is InChI=1S/C27H27NO6/c1-14-17-11-19-20(27(3,4)5)13-33-23(19)15(2)24(17)34-26(32)18(14)12-21(29)28-22(25(30)31)16-9-7-6-8-10-16/h6-11,13,22H,12H2,1-5H3,(H,28,29)(H,30,31)/p-1/t22-/m0/s1. The molecule has 0 saturated heterocycles. The van der Waals surface area contributed by atoms with Crippen LogP contribution in [0.1, 0.15) is 54.6 Å². The van der Waals surface area contributed by atoms with Crippen molar-refractivity contribution >= 4 is 33.8 Å². The fourth-order valence-corrected chi connectivity index (χ4v) is 4.28. The molecule has 0 aliphatic rings. The van der Waals surface area contributed by atoms with E-state index in [0.29, 0.717) is 33.2 Å². The maximum atomic E-state index is 12.8. The molecule has 0 spiro atoms. The summed E-state index contributed by atoms with van der Waals surface area (Å²) in [5.41, 5.74) is 3.16. The number of carboxylic acid groups (broad SMARTS) is 1. The Hall–Kier alpha value is -3.87. The lowest BCUT2D eigenvalue weighted by Crippen LogP contribution is -2.42. The third-order valence-electron chi connectivity index (χ3n) is 6.16. The van der Waals surface area contributed by atoms with E-state index in [2.05, 4.69) is 26.1 Å². The predicted molar refractivity (Wildman–Crippen MR) is 126 cm³/mol. The molecule has 0 aliphatic heterocycles. The molecule has 4 aromatic rings. The normalized spacial score (nSPS) is 12.7. The van der Waals surface area contributed by atoms with Crippen molar-refractivity contribution in [2.45, 2.75) is 52.5 Å². The monoisotopic (exact) mass is 460 g/mol. The van der Waals surface area contributed by atoms with E-state index in [1.165, 1.54) is 0 Å². The first-order valence-electron chi connectivity index (χ1n) is 11.0. The van der Waals surface area contributed by atoms with E-state index in [4.69, 9.17) is 8.83 Å². The van der Waals surface area contributed by atoms with E-state index in [1.807, 2.05) is 13.0 Å². The highest BCUT2D eigenvalue weighted by atomic mass is 16.4. The van der Waals surface area contributed by atoms with Crippen molar-refractivity contribution in [3.05, 3.63) is 80.9 Å². The van der Waals surface area contributed by atoms with Crippen molar-refractivity contribution in [3.8, 4) is 0 Å². The zero-order chi connectivity index (χ0) is 24.8. The number of nitrogens with one attached hydrogen (secondary N) is 1. The molecule has 0 saturated carbocycles. The van der Waals surface area contributed by atoms with Crippen LogP contribution in [0, 0.1) is 13.8 Å². The van der Waals surface area contributed by atoms with Crippen LogP contribution >= 0.6 is 0 Å². The number of carbonyl (C=O) groups excluding carboxylic acids is 2. The molecule has 34 heavy (non-hydrogen) atoms. The number of carbonyl (C=O) groups is 2. The van der Waals surface area contributed by atoms with Gasteiger partial charge in [0.15, 0.2) is 0 Å². The van der Waals surface area contributed by atoms with Crippen LogP contribution < -0.4 is 16.0 Å². The van der Waals surface area contributed by atoms with Gasteiger partial charge < -0.3 is 24.1 Å². The lowest BCUT2D eigenvalue weighted by Gasteiger charge is -2.20. The molecule has 2 aromatic carbocycles. The van der Waals surface area contributed by atoms with Crippen LogP contribution in [0.4, 0.5) is 0 Å². The van der Waals surface area contributed by atoms with Gasteiger partial charge in [-0.3, -0.25) is 4.79 Å². The quantitative estimate of drug-likeness (QED) is 0.455. The Morgan fingerprint density at radius 2 is 1.71 bits per heavy atom. The summed E-state index contributed by atoms with van der Waals surface area (Å²) in [6, 6.07) is 8.85. The number of rotatable bonds is 5. The molecule has 2 heterocycles. The predicted octanol–water partition coefficient (Wildman–Crippen LogP) is 3.60. The van der Waals surface area contributed by atoms with Gasteiger partial charge in [-0.25, -0.2) is 4.79 Å². The number of aryl methyl sites for hydroxylation is 2. The fourth-order valence-electron chi connectivity index (χ4n) is 4.28. The third-order valence-corrected chi connectivity index (χ3v) is 6.16. The van der Waals surface area contributed by atoms with Gasteiger partial charge in [0.2, 0.25) is 5.91 Å². The molecule has 1 atom stereocenters. The largest absolute Gasteiger partial charge is 0.548 e. The van der Waals surface area contributed by atoms with Crippen LogP contribution in [0.2, 0.25) is 0 Å². The maximum absolute atomic E-state index is 12.8. The van der Waals surface area contributed by atoms with E-state index in [0.717, 1.165) is 10.9 Å². The Bertz CT molecular complexity index is 1470. The minimum absolute atomic E-state index is 0.158. The van der Waals surface area contributed by atoms with Gasteiger partial charge in [0.25, 0.3) is 0 Å². The highest BCUT2D eigenvalue weighted by molar-refractivity contribution is 6.00.